The highest BCUT2D eigenvalue weighted by Crippen LogP contribution is 2.19. The Morgan fingerprint density at radius 2 is 1.96 bits per heavy atom. The van der Waals surface area contributed by atoms with Gasteiger partial charge in [0.2, 0.25) is 0 Å². The molecule has 25 heavy (non-hydrogen) atoms. The monoisotopic (exact) mass is 342 g/mol. The SMILES string of the molecule is Cc1cc(C(=O)Nc2ccccc2C(=O)NCC2CCCO2)c(C)o1. The first-order valence-electron chi connectivity index (χ1n) is 8.42. The quantitative estimate of drug-likeness (QED) is 0.875. The van der Waals surface area contributed by atoms with E-state index in [1.54, 1.807) is 44.2 Å². The number of amides is 2. The molecule has 1 aliphatic rings. The molecule has 0 bridgehead atoms. The Balaban J connectivity index is 1.70. The Morgan fingerprint density at radius 3 is 2.64 bits per heavy atom. The summed E-state index contributed by atoms with van der Waals surface area (Å²) in [6, 6.07) is 8.63. The summed E-state index contributed by atoms with van der Waals surface area (Å²) in [7, 11) is 0. The van der Waals surface area contributed by atoms with Gasteiger partial charge in [-0.25, -0.2) is 0 Å². The Labute approximate surface area is 146 Å². The maximum atomic E-state index is 12.5. The standard InChI is InChI=1S/C19H22N2O4/c1-12-10-16(13(2)25-12)19(23)21-17-8-4-3-7-15(17)18(22)20-11-14-6-5-9-24-14/h3-4,7-8,10,14H,5-6,9,11H2,1-2H3,(H,20,22)(H,21,23). The molecule has 0 saturated carbocycles. The number of para-hydroxylation sites is 1. The van der Waals surface area contributed by atoms with Gasteiger partial charge in [-0.1, -0.05) is 12.1 Å². The summed E-state index contributed by atoms with van der Waals surface area (Å²) in [5, 5.41) is 5.67. The third kappa shape index (κ3) is 4.09. The van der Waals surface area contributed by atoms with E-state index in [0.717, 1.165) is 19.4 Å². The summed E-state index contributed by atoms with van der Waals surface area (Å²) in [6.45, 7) is 4.75. The molecular weight excluding hydrogens is 320 g/mol. The zero-order valence-corrected chi connectivity index (χ0v) is 14.4. The molecule has 2 aromatic rings. The molecule has 2 amide bonds. The van der Waals surface area contributed by atoms with Gasteiger partial charge >= 0.3 is 0 Å². The van der Waals surface area contributed by atoms with Crippen molar-refractivity contribution in [3.05, 3.63) is 53.0 Å². The summed E-state index contributed by atoms with van der Waals surface area (Å²) in [6.07, 6.45) is 2.05. The van der Waals surface area contributed by atoms with Gasteiger partial charge in [-0.2, -0.15) is 0 Å². The second-order valence-electron chi connectivity index (χ2n) is 6.17. The third-order valence-electron chi connectivity index (χ3n) is 4.22. The predicted molar refractivity (Wildman–Crippen MR) is 93.9 cm³/mol. The second-order valence-corrected chi connectivity index (χ2v) is 6.17. The first-order chi connectivity index (χ1) is 12.0. The van der Waals surface area contributed by atoms with Crippen LogP contribution >= 0.6 is 0 Å². The lowest BCUT2D eigenvalue weighted by Crippen LogP contribution is -2.32. The molecule has 1 aliphatic heterocycles. The summed E-state index contributed by atoms with van der Waals surface area (Å²) < 4.78 is 10.9. The highest BCUT2D eigenvalue weighted by Gasteiger charge is 2.19. The molecule has 0 aliphatic carbocycles. The maximum absolute atomic E-state index is 12.5. The van der Waals surface area contributed by atoms with Gasteiger partial charge in [-0.15, -0.1) is 0 Å². The average molecular weight is 342 g/mol. The molecule has 3 rings (SSSR count). The smallest absolute Gasteiger partial charge is 0.259 e. The number of hydrogen-bond acceptors (Lipinski definition) is 4. The highest BCUT2D eigenvalue weighted by molar-refractivity contribution is 6.09. The van der Waals surface area contributed by atoms with Crippen LogP contribution in [0.4, 0.5) is 5.69 Å². The van der Waals surface area contributed by atoms with Crippen molar-refractivity contribution in [2.24, 2.45) is 0 Å². The topological polar surface area (TPSA) is 80.6 Å². The Kier molecular flexibility index (Phi) is 5.19. The number of aryl methyl sites for hydroxylation is 2. The zero-order valence-electron chi connectivity index (χ0n) is 14.4. The van der Waals surface area contributed by atoms with Crippen LogP contribution in [-0.2, 0) is 4.74 Å². The second kappa shape index (κ2) is 7.53. The van der Waals surface area contributed by atoms with Crippen LogP contribution in [0.3, 0.4) is 0 Å². The predicted octanol–water partition coefficient (Wildman–Crippen LogP) is 3.06. The van der Waals surface area contributed by atoms with Crippen LogP contribution in [0.1, 0.15) is 45.1 Å². The van der Waals surface area contributed by atoms with Gasteiger partial charge < -0.3 is 19.8 Å². The fourth-order valence-corrected chi connectivity index (χ4v) is 2.94. The molecule has 0 radical (unpaired) electrons. The minimum Gasteiger partial charge on any atom is -0.466 e. The molecule has 1 atom stereocenters. The van der Waals surface area contributed by atoms with Crippen LogP contribution in [0.2, 0.25) is 0 Å². The molecule has 0 spiro atoms. The van der Waals surface area contributed by atoms with E-state index in [-0.39, 0.29) is 17.9 Å². The van der Waals surface area contributed by atoms with Crippen LogP contribution in [-0.4, -0.2) is 31.1 Å². The fourth-order valence-electron chi connectivity index (χ4n) is 2.94. The molecular formula is C19H22N2O4. The number of hydrogen-bond donors (Lipinski definition) is 2. The molecule has 6 heteroatoms. The van der Waals surface area contributed by atoms with Gasteiger partial charge in [0, 0.05) is 13.2 Å². The van der Waals surface area contributed by atoms with Crippen molar-refractivity contribution in [1.29, 1.82) is 0 Å². The zero-order chi connectivity index (χ0) is 17.8. The van der Waals surface area contributed by atoms with Crippen LogP contribution < -0.4 is 10.6 Å². The molecule has 1 unspecified atom stereocenters. The number of carbonyl (C=O) groups excluding carboxylic acids is 2. The first kappa shape index (κ1) is 17.2. The Bertz CT molecular complexity index is 775. The summed E-state index contributed by atoms with van der Waals surface area (Å²) in [5.74, 6) is 0.695. The molecule has 1 fully saturated rings. The first-order valence-corrected chi connectivity index (χ1v) is 8.42. The minimum absolute atomic E-state index is 0.0715. The number of furan rings is 1. The molecule has 2 heterocycles. The van der Waals surface area contributed by atoms with Gasteiger partial charge in [0.05, 0.1) is 22.9 Å². The van der Waals surface area contributed by atoms with Crippen LogP contribution in [0.5, 0.6) is 0 Å². The minimum atomic E-state index is -0.297. The van der Waals surface area contributed by atoms with E-state index in [0.29, 0.717) is 34.9 Å². The van der Waals surface area contributed by atoms with Crippen molar-refractivity contribution in [2.75, 3.05) is 18.5 Å². The van der Waals surface area contributed by atoms with Crippen molar-refractivity contribution >= 4 is 17.5 Å². The van der Waals surface area contributed by atoms with Gasteiger partial charge in [-0.3, -0.25) is 9.59 Å². The number of carbonyl (C=O) groups is 2. The van der Waals surface area contributed by atoms with E-state index in [4.69, 9.17) is 9.15 Å². The van der Waals surface area contributed by atoms with Crippen molar-refractivity contribution in [3.63, 3.8) is 0 Å². The lowest BCUT2D eigenvalue weighted by Gasteiger charge is -2.13. The summed E-state index contributed by atoms with van der Waals surface area (Å²) in [5.41, 5.74) is 1.36. The Hall–Kier alpha value is -2.60. The molecule has 1 saturated heterocycles. The third-order valence-corrected chi connectivity index (χ3v) is 4.22. The van der Waals surface area contributed by atoms with E-state index in [2.05, 4.69) is 10.6 Å². The van der Waals surface area contributed by atoms with E-state index in [1.165, 1.54) is 0 Å². The van der Waals surface area contributed by atoms with E-state index < -0.39 is 0 Å². The van der Waals surface area contributed by atoms with E-state index >= 15 is 0 Å². The summed E-state index contributed by atoms with van der Waals surface area (Å²) in [4.78, 5) is 24.9. The molecule has 6 nitrogen and oxygen atoms in total. The van der Waals surface area contributed by atoms with Gasteiger partial charge in [0.15, 0.2) is 0 Å². The lowest BCUT2D eigenvalue weighted by atomic mass is 10.1. The van der Waals surface area contributed by atoms with Crippen molar-refractivity contribution < 1.29 is 18.7 Å². The van der Waals surface area contributed by atoms with Crippen molar-refractivity contribution in [3.8, 4) is 0 Å². The molecule has 132 valence electrons. The lowest BCUT2D eigenvalue weighted by molar-refractivity contribution is 0.0858. The van der Waals surface area contributed by atoms with Gasteiger partial charge in [-0.05, 0) is 44.9 Å². The van der Waals surface area contributed by atoms with E-state index in [9.17, 15) is 9.59 Å². The van der Waals surface area contributed by atoms with Crippen LogP contribution in [0.25, 0.3) is 0 Å². The number of anilines is 1. The number of benzene rings is 1. The molecule has 2 N–H and O–H groups in total. The fraction of sp³-hybridized carbons (Fsp3) is 0.368. The normalized spacial score (nSPS) is 16.6. The number of ether oxygens (including phenoxy) is 1. The van der Waals surface area contributed by atoms with E-state index in [1.807, 2.05) is 0 Å². The van der Waals surface area contributed by atoms with Crippen LogP contribution in [0.15, 0.2) is 34.7 Å². The Morgan fingerprint density at radius 1 is 1.16 bits per heavy atom. The van der Waals surface area contributed by atoms with Gasteiger partial charge in [0.1, 0.15) is 11.5 Å². The van der Waals surface area contributed by atoms with Crippen molar-refractivity contribution in [1.82, 2.24) is 5.32 Å². The van der Waals surface area contributed by atoms with Crippen LogP contribution in [0, 0.1) is 13.8 Å². The number of rotatable bonds is 5. The van der Waals surface area contributed by atoms with Crippen molar-refractivity contribution in [2.45, 2.75) is 32.8 Å². The van der Waals surface area contributed by atoms with Gasteiger partial charge in [0.25, 0.3) is 11.8 Å². The molecule has 1 aromatic carbocycles. The maximum Gasteiger partial charge on any atom is 0.259 e. The highest BCUT2D eigenvalue weighted by atomic mass is 16.5. The summed E-state index contributed by atoms with van der Waals surface area (Å²) >= 11 is 0. The largest absolute Gasteiger partial charge is 0.466 e. The number of nitrogens with one attached hydrogen (secondary N) is 2. The average Bonchev–Trinajstić information content (AvgIpc) is 3.22. The molecule has 1 aromatic heterocycles.